The summed E-state index contributed by atoms with van der Waals surface area (Å²) in [6.45, 7) is 0. The maximum absolute atomic E-state index is 10.5. The van der Waals surface area contributed by atoms with E-state index >= 15 is 0 Å². The lowest BCUT2D eigenvalue weighted by atomic mass is 10.3. The summed E-state index contributed by atoms with van der Waals surface area (Å²) in [6, 6.07) is 13.2. The first-order chi connectivity index (χ1) is 8.15. The van der Waals surface area contributed by atoms with Crippen LogP contribution in [0.25, 0.3) is 0 Å². The van der Waals surface area contributed by atoms with E-state index in [1.165, 1.54) is 12.1 Å². The van der Waals surface area contributed by atoms with Gasteiger partial charge in [0.25, 0.3) is 5.69 Å². The van der Waals surface area contributed by atoms with Gasteiger partial charge in [-0.05, 0) is 24.3 Å². The number of nitro groups is 1. The predicted octanol–water partition coefficient (Wildman–Crippen LogP) is -0.735. The van der Waals surface area contributed by atoms with E-state index in [0.717, 1.165) is 5.69 Å². The number of halogens is 1. The molecule has 0 aliphatic carbocycles. The van der Waals surface area contributed by atoms with Gasteiger partial charge in [0.15, 0.2) is 0 Å². The Hall–Kier alpha value is -2.11. The summed E-state index contributed by atoms with van der Waals surface area (Å²) in [5.41, 5.74) is 4.72. The Morgan fingerprint density at radius 3 is 1.83 bits per heavy atom. The van der Waals surface area contributed by atoms with Crippen LogP contribution in [0.4, 0.5) is 11.4 Å². The third kappa shape index (κ3) is 3.44. The molecule has 2 aromatic rings. The van der Waals surface area contributed by atoms with Crippen molar-refractivity contribution in [2.24, 2.45) is 0 Å². The lowest BCUT2D eigenvalue weighted by Gasteiger charge is -2.04. The second-order valence-corrected chi connectivity index (χ2v) is 3.50. The molecule has 94 valence electrons. The van der Waals surface area contributed by atoms with Crippen LogP contribution < -0.4 is 22.9 Å². The molecule has 0 aliphatic rings. The van der Waals surface area contributed by atoms with Crippen molar-refractivity contribution in [3.8, 4) is 11.5 Å². The molecule has 3 N–H and O–H groups in total. The topological polar surface area (TPSA) is 80.0 Å². The van der Waals surface area contributed by atoms with Crippen molar-refractivity contribution in [2.45, 2.75) is 0 Å². The van der Waals surface area contributed by atoms with Gasteiger partial charge in [-0.25, -0.2) is 0 Å². The fourth-order valence-corrected chi connectivity index (χ4v) is 1.33. The van der Waals surface area contributed by atoms with Crippen LogP contribution >= 0.6 is 0 Å². The third-order valence-corrected chi connectivity index (χ3v) is 2.21. The van der Waals surface area contributed by atoms with E-state index in [0.29, 0.717) is 11.5 Å². The number of non-ortho nitro benzene ring substituents is 1. The molecule has 0 amide bonds. The summed E-state index contributed by atoms with van der Waals surface area (Å²) >= 11 is 0. The average Bonchev–Trinajstić information content (AvgIpc) is 2.33. The molecule has 0 aliphatic heterocycles. The molecule has 2 rings (SSSR count). The highest BCUT2D eigenvalue weighted by molar-refractivity contribution is 5.40. The van der Waals surface area contributed by atoms with Crippen LogP contribution in [0.3, 0.4) is 0 Å². The minimum Gasteiger partial charge on any atom is -1.00 e. The zero-order valence-corrected chi connectivity index (χ0v) is 10.1. The minimum absolute atomic E-state index is 0. The Bertz CT molecular complexity index is 526. The van der Waals surface area contributed by atoms with Gasteiger partial charge in [0, 0.05) is 24.3 Å². The minimum atomic E-state index is -0.443. The van der Waals surface area contributed by atoms with Gasteiger partial charge < -0.3 is 22.9 Å². The molecule has 0 heterocycles. The summed E-state index contributed by atoms with van der Waals surface area (Å²) in [4.78, 5) is 10.0. The molecule has 0 bridgehead atoms. The van der Waals surface area contributed by atoms with Crippen LogP contribution in [0.5, 0.6) is 11.5 Å². The van der Waals surface area contributed by atoms with Gasteiger partial charge in [-0.3, -0.25) is 10.1 Å². The molecule has 18 heavy (non-hydrogen) atoms. The zero-order valence-electron chi connectivity index (χ0n) is 9.38. The summed E-state index contributed by atoms with van der Waals surface area (Å²) < 4.78 is 5.52. The predicted molar refractivity (Wildman–Crippen MR) is 62.2 cm³/mol. The van der Waals surface area contributed by atoms with Crippen LogP contribution in [0.2, 0.25) is 0 Å². The van der Waals surface area contributed by atoms with E-state index < -0.39 is 4.92 Å². The molecule has 0 aromatic heterocycles. The maximum atomic E-state index is 10.5. The Morgan fingerprint density at radius 2 is 1.39 bits per heavy atom. The molecular formula is C12H11ClN2O3. The second-order valence-electron chi connectivity index (χ2n) is 3.50. The largest absolute Gasteiger partial charge is 1.00 e. The smallest absolute Gasteiger partial charge is 0.269 e. The lowest BCUT2D eigenvalue weighted by Crippen LogP contribution is -3.00. The van der Waals surface area contributed by atoms with Crippen molar-refractivity contribution >= 4 is 11.4 Å². The summed E-state index contributed by atoms with van der Waals surface area (Å²) in [5.74, 6) is 1.23. The first-order valence-corrected chi connectivity index (χ1v) is 4.99. The molecule has 0 radical (unpaired) electrons. The maximum Gasteiger partial charge on any atom is 0.269 e. The summed E-state index contributed by atoms with van der Waals surface area (Å²) in [7, 11) is 0. The fourth-order valence-electron chi connectivity index (χ4n) is 1.33. The number of nitrogens with zero attached hydrogens (tertiary/aromatic N) is 1. The van der Waals surface area contributed by atoms with Crippen molar-refractivity contribution in [3.63, 3.8) is 0 Å². The number of quaternary nitrogens is 1. The molecule has 0 spiro atoms. The van der Waals surface area contributed by atoms with Gasteiger partial charge in [0.05, 0.1) is 4.92 Å². The van der Waals surface area contributed by atoms with Crippen molar-refractivity contribution in [3.05, 3.63) is 58.6 Å². The van der Waals surface area contributed by atoms with Crippen LogP contribution in [-0.4, -0.2) is 4.92 Å². The van der Waals surface area contributed by atoms with Crippen molar-refractivity contribution in [1.82, 2.24) is 0 Å². The van der Waals surface area contributed by atoms with E-state index in [1.54, 1.807) is 24.3 Å². The number of rotatable bonds is 3. The van der Waals surface area contributed by atoms with Crippen LogP contribution in [0.1, 0.15) is 0 Å². The molecular weight excluding hydrogens is 256 g/mol. The normalized spacial score (nSPS) is 9.39. The molecule has 0 unspecified atom stereocenters. The Kier molecular flexibility index (Phi) is 4.65. The second kappa shape index (κ2) is 6.00. The molecule has 2 aromatic carbocycles. The fraction of sp³-hybridized carbons (Fsp3) is 0. The summed E-state index contributed by atoms with van der Waals surface area (Å²) in [6.07, 6.45) is 0. The monoisotopic (exact) mass is 266 g/mol. The lowest BCUT2D eigenvalue weighted by molar-refractivity contribution is -0.384. The van der Waals surface area contributed by atoms with E-state index in [4.69, 9.17) is 4.74 Å². The van der Waals surface area contributed by atoms with E-state index in [2.05, 4.69) is 5.73 Å². The van der Waals surface area contributed by atoms with Crippen LogP contribution in [-0.2, 0) is 0 Å². The number of hydrogen-bond acceptors (Lipinski definition) is 3. The van der Waals surface area contributed by atoms with Gasteiger partial charge in [0.2, 0.25) is 0 Å². The van der Waals surface area contributed by atoms with Crippen LogP contribution in [0.15, 0.2) is 48.5 Å². The highest BCUT2D eigenvalue weighted by atomic mass is 35.5. The standard InChI is InChI=1S/C12H10N2O3.ClH/c13-9-1-5-11(6-2-9)17-12-7-3-10(4-8-12)14(15)16;/h1-8H,13H2;1H. The highest BCUT2D eigenvalue weighted by Gasteiger charge is 2.04. The first kappa shape index (κ1) is 14.0. The van der Waals surface area contributed by atoms with Gasteiger partial charge in [-0.2, -0.15) is 0 Å². The van der Waals surface area contributed by atoms with Gasteiger partial charge in [0.1, 0.15) is 17.2 Å². The highest BCUT2D eigenvalue weighted by Crippen LogP contribution is 2.23. The molecule has 6 heteroatoms. The van der Waals surface area contributed by atoms with Gasteiger partial charge >= 0.3 is 0 Å². The SMILES string of the molecule is [Cl-].[NH3+]c1ccc(Oc2ccc([N+](=O)[O-])cc2)cc1. The van der Waals surface area contributed by atoms with Gasteiger partial charge in [-0.15, -0.1) is 0 Å². The average molecular weight is 267 g/mol. The number of benzene rings is 2. The third-order valence-electron chi connectivity index (χ3n) is 2.21. The molecule has 0 atom stereocenters. The molecule has 5 nitrogen and oxygen atoms in total. The van der Waals surface area contributed by atoms with Crippen molar-refractivity contribution in [1.29, 1.82) is 0 Å². The molecule has 0 saturated heterocycles. The summed E-state index contributed by atoms with van der Waals surface area (Å²) in [5, 5.41) is 10.5. The van der Waals surface area contributed by atoms with E-state index in [1.807, 2.05) is 12.1 Å². The number of ether oxygens (including phenoxy) is 1. The van der Waals surface area contributed by atoms with Crippen molar-refractivity contribution in [2.75, 3.05) is 0 Å². The zero-order chi connectivity index (χ0) is 12.3. The number of nitro benzene ring substituents is 1. The molecule has 0 saturated carbocycles. The Balaban J connectivity index is 0.00000162. The quantitative estimate of drug-likeness (QED) is 0.587. The van der Waals surface area contributed by atoms with Gasteiger partial charge in [-0.1, -0.05) is 0 Å². The molecule has 0 fully saturated rings. The van der Waals surface area contributed by atoms with E-state index in [9.17, 15) is 10.1 Å². The van der Waals surface area contributed by atoms with Crippen LogP contribution in [0, 0.1) is 10.1 Å². The van der Waals surface area contributed by atoms with E-state index in [-0.39, 0.29) is 18.1 Å². The Labute approximate surface area is 110 Å². The van der Waals surface area contributed by atoms with Crippen molar-refractivity contribution < 1.29 is 27.8 Å². The number of hydrogen-bond donors (Lipinski definition) is 1. The first-order valence-electron chi connectivity index (χ1n) is 4.99. The Morgan fingerprint density at radius 1 is 0.944 bits per heavy atom.